The molecule has 0 fully saturated rings. The predicted octanol–water partition coefficient (Wildman–Crippen LogP) is 1.17. The van der Waals surface area contributed by atoms with Gasteiger partial charge in [-0.1, -0.05) is 0 Å². The van der Waals surface area contributed by atoms with Crippen molar-refractivity contribution in [2.45, 2.75) is 26.8 Å². The van der Waals surface area contributed by atoms with Crippen molar-refractivity contribution in [2.24, 2.45) is 0 Å². The van der Waals surface area contributed by atoms with Crippen molar-refractivity contribution < 1.29 is 0 Å². The van der Waals surface area contributed by atoms with Crippen LogP contribution >= 0.6 is 0 Å². The van der Waals surface area contributed by atoms with E-state index in [1.165, 1.54) is 0 Å². The van der Waals surface area contributed by atoms with Crippen LogP contribution in [-0.4, -0.2) is 37.8 Å². The van der Waals surface area contributed by atoms with E-state index in [-0.39, 0.29) is 0 Å². The van der Waals surface area contributed by atoms with E-state index in [4.69, 9.17) is 0 Å². The van der Waals surface area contributed by atoms with E-state index in [1.807, 2.05) is 17.6 Å². The van der Waals surface area contributed by atoms with Gasteiger partial charge in [-0.3, -0.25) is 0 Å². The average Bonchev–Trinajstić information content (AvgIpc) is 2.87. The van der Waals surface area contributed by atoms with Gasteiger partial charge in [-0.2, -0.15) is 4.98 Å². The molecule has 7 heteroatoms. The van der Waals surface area contributed by atoms with E-state index in [1.54, 1.807) is 12.5 Å². The molecule has 0 spiro atoms. The molecule has 0 aliphatic heterocycles. The lowest BCUT2D eigenvalue weighted by Gasteiger charge is -2.07. The molecule has 0 radical (unpaired) electrons. The van der Waals surface area contributed by atoms with Crippen LogP contribution in [0.2, 0.25) is 0 Å². The number of nitrogens with one attached hydrogen (secondary N) is 2. The quantitative estimate of drug-likeness (QED) is 0.779. The Morgan fingerprint density at radius 2 is 2.16 bits per heavy atom. The Morgan fingerprint density at radius 1 is 1.26 bits per heavy atom. The first-order valence-electron chi connectivity index (χ1n) is 6.51. The molecule has 0 atom stereocenters. The lowest BCUT2D eigenvalue weighted by Crippen LogP contribution is -2.12. The van der Waals surface area contributed by atoms with E-state index < -0.39 is 0 Å². The van der Waals surface area contributed by atoms with Gasteiger partial charge in [0.15, 0.2) is 0 Å². The first-order chi connectivity index (χ1) is 9.33. The van der Waals surface area contributed by atoms with Crippen LogP contribution in [0.25, 0.3) is 0 Å². The number of rotatable bonds is 7. The molecule has 2 rings (SSSR count). The van der Waals surface area contributed by atoms with E-state index in [0.717, 1.165) is 37.7 Å². The molecule has 2 aromatic rings. The minimum absolute atomic E-state index is 0.626. The van der Waals surface area contributed by atoms with Gasteiger partial charge < -0.3 is 15.2 Å². The molecule has 102 valence electrons. The van der Waals surface area contributed by atoms with Gasteiger partial charge in [-0.25, -0.2) is 4.98 Å². The third-order valence-corrected chi connectivity index (χ3v) is 2.68. The summed E-state index contributed by atoms with van der Waals surface area (Å²) in [5.74, 6) is 2.43. The Kier molecular flexibility index (Phi) is 4.66. The Morgan fingerprint density at radius 3 is 2.95 bits per heavy atom. The molecule has 2 heterocycles. The summed E-state index contributed by atoms with van der Waals surface area (Å²) in [5.41, 5.74) is 0. The highest BCUT2D eigenvalue weighted by molar-refractivity contribution is 5.39. The molecule has 0 aliphatic carbocycles. The molecule has 2 N–H and O–H groups in total. The topological polar surface area (TPSA) is 80.5 Å². The Hall–Kier alpha value is -2.18. The van der Waals surface area contributed by atoms with E-state index in [9.17, 15) is 0 Å². The van der Waals surface area contributed by atoms with Crippen molar-refractivity contribution in [1.82, 2.24) is 24.7 Å². The second kappa shape index (κ2) is 6.67. The summed E-state index contributed by atoms with van der Waals surface area (Å²) in [4.78, 5) is 8.53. The number of aromatic nitrogens is 5. The van der Waals surface area contributed by atoms with Gasteiger partial charge >= 0.3 is 0 Å². The molecule has 2 aromatic heterocycles. The van der Waals surface area contributed by atoms with Crippen LogP contribution in [0.3, 0.4) is 0 Å². The van der Waals surface area contributed by atoms with E-state index >= 15 is 0 Å². The molecule has 0 aromatic carbocycles. The van der Waals surface area contributed by atoms with Crippen molar-refractivity contribution in [2.75, 3.05) is 23.7 Å². The third-order valence-electron chi connectivity index (χ3n) is 2.68. The van der Waals surface area contributed by atoms with Crippen LogP contribution in [0.15, 0.2) is 18.6 Å². The fourth-order valence-corrected chi connectivity index (χ4v) is 1.75. The summed E-state index contributed by atoms with van der Waals surface area (Å²) in [5, 5.41) is 14.3. The maximum Gasteiger partial charge on any atom is 0.224 e. The van der Waals surface area contributed by atoms with Crippen LogP contribution < -0.4 is 10.6 Å². The Labute approximate surface area is 112 Å². The van der Waals surface area contributed by atoms with Crippen LogP contribution in [0.4, 0.5) is 11.8 Å². The zero-order valence-electron chi connectivity index (χ0n) is 11.3. The summed E-state index contributed by atoms with van der Waals surface area (Å²) >= 11 is 0. The van der Waals surface area contributed by atoms with Crippen LogP contribution in [0.1, 0.15) is 19.7 Å². The molecule has 0 unspecified atom stereocenters. The van der Waals surface area contributed by atoms with Crippen LogP contribution in [-0.2, 0) is 13.0 Å². The van der Waals surface area contributed by atoms with E-state index in [0.29, 0.717) is 5.95 Å². The summed E-state index contributed by atoms with van der Waals surface area (Å²) < 4.78 is 2.03. The van der Waals surface area contributed by atoms with Gasteiger partial charge in [-0.05, 0) is 19.9 Å². The van der Waals surface area contributed by atoms with Gasteiger partial charge in [0.1, 0.15) is 18.0 Å². The largest absolute Gasteiger partial charge is 0.370 e. The summed E-state index contributed by atoms with van der Waals surface area (Å²) in [6.07, 6.45) is 4.28. The number of hydrogen-bond acceptors (Lipinski definition) is 6. The van der Waals surface area contributed by atoms with Crippen molar-refractivity contribution in [3.05, 3.63) is 24.4 Å². The molecular weight excluding hydrogens is 242 g/mol. The van der Waals surface area contributed by atoms with Crippen LogP contribution in [0.5, 0.6) is 0 Å². The van der Waals surface area contributed by atoms with E-state index in [2.05, 4.69) is 37.7 Å². The fraction of sp³-hybridized carbons (Fsp3) is 0.500. The zero-order valence-corrected chi connectivity index (χ0v) is 11.3. The maximum atomic E-state index is 4.35. The number of hydrogen-bond donors (Lipinski definition) is 2. The molecule has 0 amide bonds. The summed E-state index contributed by atoms with van der Waals surface area (Å²) in [6.45, 7) is 6.56. The summed E-state index contributed by atoms with van der Waals surface area (Å²) in [7, 11) is 0. The van der Waals surface area contributed by atoms with Crippen molar-refractivity contribution >= 4 is 11.8 Å². The Balaban J connectivity index is 1.87. The third kappa shape index (κ3) is 3.64. The maximum absolute atomic E-state index is 4.35. The normalized spacial score (nSPS) is 10.4. The first kappa shape index (κ1) is 13.3. The zero-order chi connectivity index (χ0) is 13.5. The first-order valence-corrected chi connectivity index (χ1v) is 6.51. The monoisotopic (exact) mass is 261 g/mol. The fourth-order valence-electron chi connectivity index (χ4n) is 1.75. The smallest absolute Gasteiger partial charge is 0.224 e. The van der Waals surface area contributed by atoms with Gasteiger partial charge in [0.2, 0.25) is 5.95 Å². The second-order valence-electron chi connectivity index (χ2n) is 4.01. The molecule has 19 heavy (non-hydrogen) atoms. The predicted molar refractivity (Wildman–Crippen MR) is 74.1 cm³/mol. The van der Waals surface area contributed by atoms with Gasteiger partial charge in [0.25, 0.3) is 0 Å². The summed E-state index contributed by atoms with van der Waals surface area (Å²) in [6, 6.07) is 1.85. The minimum Gasteiger partial charge on any atom is -0.370 e. The molecule has 0 bridgehead atoms. The van der Waals surface area contributed by atoms with Crippen molar-refractivity contribution in [3.8, 4) is 0 Å². The highest BCUT2D eigenvalue weighted by atomic mass is 15.3. The lowest BCUT2D eigenvalue weighted by molar-refractivity contribution is 0.697. The van der Waals surface area contributed by atoms with Crippen molar-refractivity contribution in [3.63, 3.8) is 0 Å². The molecule has 0 aliphatic rings. The van der Waals surface area contributed by atoms with Gasteiger partial charge in [0, 0.05) is 32.3 Å². The lowest BCUT2D eigenvalue weighted by atomic mass is 10.4. The molecule has 0 saturated heterocycles. The minimum atomic E-state index is 0.626. The molecule has 7 nitrogen and oxygen atoms in total. The van der Waals surface area contributed by atoms with Gasteiger partial charge in [0.05, 0.1) is 0 Å². The number of nitrogens with zero attached hydrogens (tertiary/aromatic N) is 5. The molecule has 0 saturated carbocycles. The average molecular weight is 261 g/mol. The van der Waals surface area contributed by atoms with Crippen molar-refractivity contribution in [1.29, 1.82) is 0 Å². The van der Waals surface area contributed by atoms with Crippen LogP contribution in [0, 0.1) is 0 Å². The molecular formula is C12H19N7. The SMILES string of the molecule is CCNc1ccnc(NCCc2nncn2CC)n1. The highest BCUT2D eigenvalue weighted by Gasteiger charge is 2.03. The second-order valence-corrected chi connectivity index (χ2v) is 4.01. The Bertz CT molecular complexity index is 508. The number of aryl methyl sites for hydroxylation is 1. The standard InChI is InChI=1S/C12H19N7/c1-3-13-10-5-7-14-12(17-10)15-8-6-11-18-16-9-19(11)4-2/h5,7,9H,3-4,6,8H2,1-2H3,(H2,13,14,15,17). The van der Waals surface area contributed by atoms with Gasteiger partial charge in [-0.15, -0.1) is 10.2 Å². The highest BCUT2D eigenvalue weighted by Crippen LogP contribution is 2.05. The number of anilines is 2.